The van der Waals surface area contributed by atoms with Gasteiger partial charge in [-0.05, 0) is 42.0 Å². The Morgan fingerprint density at radius 2 is 1.61 bits per heavy atom. The van der Waals surface area contributed by atoms with Crippen LogP contribution in [0.2, 0.25) is 0 Å². The van der Waals surface area contributed by atoms with Crippen molar-refractivity contribution in [3.8, 4) is 0 Å². The van der Waals surface area contributed by atoms with E-state index in [-0.39, 0.29) is 17.8 Å². The largest absolute Gasteiger partial charge is 0.368 e. The van der Waals surface area contributed by atoms with E-state index in [1.807, 2.05) is 23.1 Å². The van der Waals surface area contributed by atoms with Crippen molar-refractivity contribution in [2.45, 2.75) is 6.04 Å². The van der Waals surface area contributed by atoms with Gasteiger partial charge in [-0.3, -0.25) is 4.79 Å². The Labute approximate surface area is 193 Å². The van der Waals surface area contributed by atoms with Gasteiger partial charge in [0.05, 0.1) is 0 Å². The van der Waals surface area contributed by atoms with Crippen molar-refractivity contribution >= 4 is 17.4 Å². The molecule has 0 radical (unpaired) electrons. The van der Waals surface area contributed by atoms with E-state index in [0.717, 1.165) is 31.1 Å². The van der Waals surface area contributed by atoms with Gasteiger partial charge in [-0.25, -0.2) is 9.37 Å². The first-order valence-electron chi connectivity index (χ1n) is 11.5. The number of nitrogens with zero attached hydrogens (tertiary/aromatic N) is 4. The molecule has 170 valence electrons. The molecule has 2 aromatic carbocycles. The topological polar surface area (TPSA) is 51.7 Å². The fourth-order valence-electron chi connectivity index (χ4n) is 4.57. The van der Waals surface area contributed by atoms with Crippen LogP contribution < -0.4 is 15.1 Å². The van der Waals surface area contributed by atoms with E-state index < -0.39 is 0 Å². The summed E-state index contributed by atoms with van der Waals surface area (Å²) in [7, 11) is 0. The molecular weight excluding hydrogens is 417 g/mol. The molecule has 6 nitrogen and oxygen atoms in total. The second-order valence-electron chi connectivity index (χ2n) is 8.50. The summed E-state index contributed by atoms with van der Waals surface area (Å²) in [4.78, 5) is 24.2. The Hall–Kier alpha value is -3.45. The normalized spacial score (nSPS) is 18.9. The molecule has 0 spiro atoms. The van der Waals surface area contributed by atoms with Crippen LogP contribution in [0.25, 0.3) is 0 Å². The lowest BCUT2D eigenvalue weighted by Crippen LogP contribution is -2.49. The summed E-state index contributed by atoms with van der Waals surface area (Å²) in [6.45, 7) is 5.19. The number of piperazine rings is 2. The summed E-state index contributed by atoms with van der Waals surface area (Å²) in [5.74, 6) is 0.566. The molecule has 0 aliphatic carbocycles. The molecule has 0 unspecified atom stereocenters. The molecule has 1 atom stereocenters. The number of benzene rings is 2. The van der Waals surface area contributed by atoms with E-state index in [2.05, 4.69) is 39.4 Å². The van der Waals surface area contributed by atoms with Crippen molar-refractivity contribution in [2.24, 2.45) is 0 Å². The Bertz CT molecular complexity index is 1080. The molecule has 0 saturated carbocycles. The first kappa shape index (κ1) is 21.4. The predicted molar refractivity (Wildman–Crippen MR) is 128 cm³/mol. The maximum atomic E-state index is 13.2. The minimum Gasteiger partial charge on any atom is -0.368 e. The number of amides is 1. The molecule has 2 fully saturated rings. The molecular formula is C26H28FN5O. The Balaban J connectivity index is 1.23. The first-order valence-corrected chi connectivity index (χ1v) is 11.5. The zero-order valence-corrected chi connectivity index (χ0v) is 18.5. The minimum absolute atomic E-state index is 0.0367. The van der Waals surface area contributed by atoms with Crippen LogP contribution in [-0.4, -0.2) is 61.6 Å². The van der Waals surface area contributed by atoms with Crippen molar-refractivity contribution in [1.82, 2.24) is 15.2 Å². The molecule has 2 aliphatic rings. The van der Waals surface area contributed by atoms with E-state index >= 15 is 0 Å². The van der Waals surface area contributed by atoms with Crippen LogP contribution in [0.4, 0.5) is 15.9 Å². The van der Waals surface area contributed by atoms with Crippen molar-refractivity contribution in [2.75, 3.05) is 55.6 Å². The highest BCUT2D eigenvalue weighted by molar-refractivity contribution is 5.93. The van der Waals surface area contributed by atoms with Crippen molar-refractivity contribution in [3.63, 3.8) is 0 Å². The van der Waals surface area contributed by atoms with Crippen LogP contribution >= 0.6 is 0 Å². The third-order valence-corrected chi connectivity index (χ3v) is 6.41. The highest BCUT2D eigenvalue weighted by atomic mass is 19.1. The standard InChI is InChI=1S/C26H28FN5O/c27-21-9-11-22(12-10-21)30-15-17-31(18-16-30)26(33)23-7-4-8-25(29-23)32-14-13-28-24(19-32)20-5-2-1-3-6-20/h1-12,24,28H,13-19H2/t24-/m0/s1. The number of nitrogens with one attached hydrogen (secondary N) is 1. The van der Waals surface area contributed by atoms with Gasteiger partial charge in [0.2, 0.25) is 0 Å². The molecule has 33 heavy (non-hydrogen) atoms. The zero-order valence-electron chi connectivity index (χ0n) is 18.5. The molecule has 3 aromatic rings. The molecule has 1 amide bonds. The smallest absolute Gasteiger partial charge is 0.272 e. The third-order valence-electron chi connectivity index (χ3n) is 6.41. The molecule has 7 heteroatoms. The van der Waals surface area contributed by atoms with E-state index in [4.69, 9.17) is 4.98 Å². The SMILES string of the molecule is O=C(c1cccc(N2CCN[C@H](c3ccccc3)C2)n1)N1CCN(c2ccc(F)cc2)CC1. The number of carbonyl (C=O) groups is 1. The van der Waals surface area contributed by atoms with Gasteiger partial charge >= 0.3 is 0 Å². The maximum Gasteiger partial charge on any atom is 0.272 e. The summed E-state index contributed by atoms with van der Waals surface area (Å²) in [6.07, 6.45) is 0. The second-order valence-corrected chi connectivity index (χ2v) is 8.50. The fourth-order valence-corrected chi connectivity index (χ4v) is 4.57. The average molecular weight is 446 g/mol. The van der Waals surface area contributed by atoms with Gasteiger partial charge < -0.3 is 20.0 Å². The third kappa shape index (κ3) is 4.83. The van der Waals surface area contributed by atoms with E-state index in [1.165, 1.54) is 17.7 Å². The summed E-state index contributed by atoms with van der Waals surface area (Å²) in [5, 5.41) is 3.57. The van der Waals surface area contributed by atoms with Gasteiger partial charge in [0.15, 0.2) is 0 Å². The summed E-state index contributed by atoms with van der Waals surface area (Å²) in [6, 6.07) is 22.9. The monoisotopic (exact) mass is 445 g/mol. The highest BCUT2D eigenvalue weighted by Crippen LogP contribution is 2.22. The zero-order chi connectivity index (χ0) is 22.6. The molecule has 1 aromatic heterocycles. The summed E-state index contributed by atoms with van der Waals surface area (Å²) >= 11 is 0. The number of hydrogen-bond acceptors (Lipinski definition) is 5. The van der Waals surface area contributed by atoms with Crippen LogP contribution in [0.5, 0.6) is 0 Å². The number of carbonyl (C=O) groups excluding carboxylic acids is 1. The Morgan fingerprint density at radius 1 is 0.848 bits per heavy atom. The van der Waals surface area contributed by atoms with Crippen LogP contribution in [-0.2, 0) is 0 Å². The van der Waals surface area contributed by atoms with Crippen LogP contribution in [0.3, 0.4) is 0 Å². The van der Waals surface area contributed by atoms with Gasteiger partial charge in [-0.15, -0.1) is 0 Å². The summed E-state index contributed by atoms with van der Waals surface area (Å²) in [5.41, 5.74) is 2.72. The van der Waals surface area contributed by atoms with Crippen molar-refractivity contribution < 1.29 is 9.18 Å². The number of anilines is 2. The number of hydrogen-bond donors (Lipinski definition) is 1. The molecule has 1 N–H and O–H groups in total. The fraction of sp³-hybridized carbons (Fsp3) is 0.308. The van der Waals surface area contributed by atoms with Crippen LogP contribution in [0.1, 0.15) is 22.1 Å². The lowest BCUT2D eigenvalue weighted by atomic mass is 10.0. The first-order chi connectivity index (χ1) is 16.2. The van der Waals surface area contributed by atoms with Gasteiger partial charge in [-0.2, -0.15) is 0 Å². The van der Waals surface area contributed by atoms with E-state index in [9.17, 15) is 9.18 Å². The van der Waals surface area contributed by atoms with E-state index in [0.29, 0.717) is 31.9 Å². The van der Waals surface area contributed by atoms with Gasteiger partial charge in [-0.1, -0.05) is 36.4 Å². The molecule has 3 heterocycles. The van der Waals surface area contributed by atoms with E-state index in [1.54, 1.807) is 18.2 Å². The lowest BCUT2D eigenvalue weighted by Gasteiger charge is -2.36. The quantitative estimate of drug-likeness (QED) is 0.668. The molecule has 0 bridgehead atoms. The second kappa shape index (κ2) is 9.58. The Morgan fingerprint density at radius 3 is 2.36 bits per heavy atom. The van der Waals surface area contributed by atoms with Crippen molar-refractivity contribution in [1.29, 1.82) is 0 Å². The summed E-state index contributed by atoms with van der Waals surface area (Å²) < 4.78 is 13.2. The van der Waals surface area contributed by atoms with Gasteiger partial charge in [0.25, 0.3) is 5.91 Å². The van der Waals surface area contributed by atoms with Crippen LogP contribution in [0.15, 0.2) is 72.8 Å². The maximum absolute atomic E-state index is 13.2. The lowest BCUT2D eigenvalue weighted by molar-refractivity contribution is 0.0741. The van der Waals surface area contributed by atoms with Gasteiger partial charge in [0, 0.05) is 57.5 Å². The van der Waals surface area contributed by atoms with Gasteiger partial charge in [0.1, 0.15) is 17.3 Å². The molecule has 5 rings (SSSR count). The number of pyridine rings is 1. The number of halogens is 1. The molecule has 2 saturated heterocycles. The van der Waals surface area contributed by atoms with Crippen molar-refractivity contribution in [3.05, 3.63) is 89.9 Å². The Kier molecular flexibility index (Phi) is 6.21. The molecule has 2 aliphatic heterocycles. The predicted octanol–water partition coefficient (Wildman–Crippen LogP) is 3.33. The van der Waals surface area contributed by atoms with Crippen LogP contribution in [0, 0.1) is 5.82 Å². The highest BCUT2D eigenvalue weighted by Gasteiger charge is 2.25. The average Bonchev–Trinajstić information content (AvgIpc) is 2.89. The minimum atomic E-state index is -0.238. The number of rotatable bonds is 4. The number of aromatic nitrogens is 1.